The van der Waals surface area contributed by atoms with Gasteiger partial charge in [0.05, 0.1) is 0 Å². The third-order valence-electron chi connectivity index (χ3n) is 6.59. The molecule has 0 spiro atoms. The summed E-state index contributed by atoms with van der Waals surface area (Å²) in [5, 5.41) is 0. The monoisotopic (exact) mass is 442 g/mol. The van der Waals surface area contributed by atoms with Crippen LogP contribution in [0.5, 0.6) is 5.75 Å². The minimum absolute atomic E-state index is 0. The Balaban J connectivity index is 0.00000272. The maximum absolute atomic E-state index is 12.8. The normalized spacial score (nSPS) is 18.4. The van der Waals surface area contributed by atoms with Gasteiger partial charge in [-0.1, -0.05) is 49.4 Å². The summed E-state index contributed by atoms with van der Waals surface area (Å²) in [6.45, 7) is 7.71. The van der Waals surface area contributed by atoms with Crippen LogP contribution in [0, 0.1) is 11.8 Å². The molecule has 2 aliphatic heterocycles. The van der Waals surface area contributed by atoms with Crippen molar-refractivity contribution in [2.45, 2.75) is 45.8 Å². The van der Waals surface area contributed by atoms with Gasteiger partial charge in [0.25, 0.3) is 0 Å². The number of ether oxygens (including phenoxy) is 1. The molecule has 0 bridgehead atoms. The number of likely N-dealkylation sites (tertiary alicyclic amines) is 2. The molecule has 31 heavy (non-hydrogen) atoms. The lowest BCUT2D eigenvalue weighted by Gasteiger charge is -2.36. The molecule has 0 aliphatic carbocycles. The molecule has 4 rings (SSSR count). The summed E-state index contributed by atoms with van der Waals surface area (Å²) in [5.74, 6) is 2.30. The molecule has 0 radical (unpaired) electrons. The topological polar surface area (TPSA) is 32.8 Å². The van der Waals surface area contributed by atoms with Crippen LogP contribution < -0.4 is 4.74 Å². The van der Waals surface area contributed by atoms with E-state index in [0.717, 1.165) is 70.1 Å². The molecule has 4 nitrogen and oxygen atoms in total. The molecule has 1 amide bonds. The smallest absolute Gasteiger partial charge is 0.225 e. The molecule has 0 unspecified atom stereocenters. The molecule has 2 fully saturated rings. The van der Waals surface area contributed by atoms with E-state index in [4.69, 9.17) is 4.74 Å². The molecular weight excluding hydrogens is 408 g/mol. The zero-order valence-electron chi connectivity index (χ0n) is 18.5. The highest BCUT2D eigenvalue weighted by atomic mass is 35.5. The Bertz CT molecular complexity index is 813. The van der Waals surface area contributed by atoms with E-state index >= 15 is 0 Å². The fourth-order valence-electron chi connectivity index (χ4n) is 4.56. The van der Waals surface area contributed by atoms with Crippen molar-refractivity contribution in [2.75, 3.05) is 26.2 Å². The number of benzene rings is 2. The van der Waals surface area contributed by atoms with Crippen molar-refractivity contribution in [2.24, 2.45) is 11.8 Å². The summed E-state index contributed by atoms with van der Waals surface area (Å²) >= 11 is 0. The van der Waals surface area contributed by atoms with Gasteiger partial charge in [-0.25, -0.2) is 0 Å². The maximum Gasteiger partial charge on any atom is 0.225 e. The molecule has 0 N–H and O–H groups in total. The van der Waals surface area contributed by atoms with E-state index in [1.807, 2.05) is 24.3 Å². The molecule has 2 aliphatic rings. The fraction of sp³-hybridized carbons (Fsp3) is 0.500. The minimum atomic E-state index is 0. The standard InChI is InChI=1S/C26H34N2O2.ClH/c1-21-10-16-28(17-11-21)26(29)24-12-14-27(15-13-24)19-23-8-5-9-25(18-23)30-20-22-6-3-2-4-7-22;/h2-9,18,21,24H,10-17,19-20H2,1H3;1H. The van der Waals surface area contributed by atoms with Gasteiger partial charge in [-0.15, -0.1) is 12.4 Å². The van der Waals surface area contributed by atoms with E-state index in [9.17, 15) is 4.79 Å². The molecule has 2 heterocycles. The lowest BCUT2D eigenvalue weighted by molar-refractivity contribution is -0.138. The van der Waals surface area contributed by atoms with Crippen molar-refractivity contribution in [3.63, 3.8) is 0 Å². The summed E-state index contributed by atoms with van der Waals surface area (Å²) in [6, 6.07) is 18.7. The number of halogens is 1. The van der Waals surface area contributed by atoms with Crippen LogP contribution in [0.3, 0.4) is 0 Å². The van der Waals surface area contributed by atoms with Crippen molar-refractivity contribution in [3.8, 4) is 5.75 Å². The minimum Gasteiger partial charge on any atom is -0.489 e. The Kier molecular flexibility index (Phi) is 8.79. The van der Waals surface area contributed by atoms with Gasteiger partial charge in [0.2, 0.25) is 5.91 Å². The van der Waals surface area contributed by atoms with Crippen LogP contribution in [0.2, 0.25) is 0 Å². The summed E-state index contributed by atoms with van der Waals surface area (Å²) in [7, 11) is 0. The lowest BCUT2D eigenvalue weighted by atomic mass is 9.92. The van der Waals surface area contributed by atoms with Gasteiger partial charge in [0.15, 0.2) is 0 Å². The second-order valence-corrected chi connectivity index (χ2v) is 8.98. The van der Waals surface area contributed by atoms with Gasteiger partial charge < -0.3 is 9.64 Å². The van der Waals surface area contributed by atoms with Crippen LogP contribution in [0.15, 0.2) is 54.6 Å². The van der Waals surface area contributed by atoms with E-state index in [0.29, 0.717) is 12.5 Å². The Morgan fingerprint density at radius 3 is 2.29 bits per heavy atom. The number of hydrogen-bond donors (Lipinski definition) is 0. The highest BCUT2D eigenvalue weighted by Crippen LogP contribution is 2.25. The summed E-state index contributed by atoms with van der Waals surface area (Å²) in [4.78, 5) is 17.4. The maximum atomic E-state index is 12.8. The first-order valence-electron chi connectivity index (χ1n) is 11.4. The first-order chi connectivity index (χ1) is 14.7. The van der Waals surface area contributed by atoms with E-state index in [2.05, 4.69) is 47.1 Å². The zero-order valence-corrected chi connectivity index (χ0v) is 19.4. The number of carbonyl (C=O) groups is 1. The van der Waals surface area contributed by atoms with Crippen LogP contribution in [0.1, 0.15) is 43.7 Å². The van der Waals surface area contributed by atoms with E-state index < -0.39 is 0 Å². The first-order valence-corrected chi connectivity index (χ1v) is 11.4. The van der Waals surface area contributed by atoms with E-state index in [-0.39, 0.29) is 18.3 Å². The van der Waals surface area contributed by atoms with Gasteiger partial charge >= 0.3 is 0 Å². The second kappa shape index (κ2) is 11.5. The average molecular weight is 443 g/mol. The van der Waals surface area contributed by atoms with Gasteiger partial charge in [-0.3, -0.25) is 9.69 Å². The summed E-state index contributed by atoms with van der Waals surface area (Å²) in [5.41, 5.74) is 2.45. The van der Waals surface area contributed by atoms with Crippen molar-refractivity contribution in [3.05, 3.63) is 65.7 Å². The van der Waals surface area contributed by atoms with Crippen LogP contribution >= 0.6 is 12.4 Å². The molecule has 2 aromatic rings. The molecule has 0 saturated carbocycles. The highest BCUT2D eigenvalue weighted by molar-refractivity contribution is 5.85. The van der Waals surface area contributed by atoms with Gasteiger partial charge in [0.1, 0.15) is 12.4 Å². The van der Waals surface area contributed by atoms with E-state index in [1.54, 1.807) is 0 Å². The molecule has 0 aromatic heterocycles. The predicted octanol–water partition coefficient (Wildman–Crippen LogP) is 5.16. The number of carbonyl (C=O) groups excluding carboxylic acids is 1. The van der Waals surface area contributed by atoms with Gasteiger partial charge in [-0.05, 0) is 68.0 Å². The molecular formula is C26H35ClN2O2. The lowest BCUT2D eigenvalue weighted by Crippen LogP contribution is -2.45. The van der Waals surface area contributed by atoms with Crippen LogP contribution in [-0.4, -0.2) is 41.9 Å². The largest absolute Gasteiger partial charge is 0.489 e. The summed E-state index contributed by atoms with van der Waals surface area (Å²) in [6.07, 6.45) is 4.28. The number of hydrogen-bond acceptors (Lipinski definition) is 3. The van der Waals surface area contributed by atoms with Gasteiger partial charge in [0, 0.05) is 25.6 Å². The predicted molar refractivity (Wildman–Crippen MR) is 127 cm³/mol. The highest BCUT2D eigenvalue weighted by Gasteiger charge is 2.30. The zero-order chi connectivity index (χ0) is 20.8. The molecule has 5 heteroatoms. The van der Waals surface area contributed by atoms with Crippen molar-refractivity contribution in [1.82, 2.24) is 9.80 Å². The first kappa shape index (κ1) is 23.6. The molecule has 2 aromatic carbocycles. The second-order valence-electron chi connectivity index (χ2n) is 8.98. The van der Waals surface area contributed by atoms with Crippen molar-refractivity contribution >= 4 is 18.3 Å². The Morgan fingerprint density at radius 2 is 1.58 bits per heavy atom. The molecule has 2 saturated heterocycles. The SMILES string of the molecule is CC1CCN(C(=O)C2CCN(Cc3cccc(OCc4ccccc4)c3)CC2)CC1.Cl. The van der Waals surface area contributed by atoms with E-state index in [1.165, 1.54) is 11.1 Å². The van der Waals surface area contributed by atoms with Crippen molar-refractivity contribution in [1.29, 1.82) is 0 Å². The van der Waals surface area contributed by atoms with Crippen LogP contribution in [-0.2, 0) is 17.9 Å². The fourth-order valence-corrected chi connectivity index (χ4v) is 4.56. The summed E-state index contributed by atoms with van der Waals surface area (Å²) < 4.78 is 5.98. The van der Waals surface area contributed by atoms with Gasteiger partial charge in [-0.2, -0.15) is 0 Å². The third-order valence-corrected chi connectivity index (χ3v) is 6.59. The molecule has 168 valence electrons. The quantitative estimate of drug-likeness (QED) is 0.619. The Hall–Kier alpha value is -2.04. The number of rotatable bonds is 6. The number of piperidine rings is 2. The van der Waals surface area contributed by atoms with Crippen LogP contribution in [0.4, 0.5) is 0 Å². The van der Waals surface area contributed by atoms with Crippen LogP contribution in [0.25, 0.3) is 0 Å². The van der Waals surface area contributed by atoms with Crippen molar-refractivity contribution < 1.29 is 9.53 Å². The number of nitrogens with zero attached hydrogens (tertiary/aromatic N) is 2. The Morgan fingerprint density at radius 1 is 0.903 bits per heavy atom. The number of amides is 1. The third kappa shape index (κ3) is 6.72. The average Bonchev–Trinajstić information content (AvgIpc) is 2.79. The Labute approximate surface area is 193 Å². The molecule has 0 atom stereocenters.